The summed E-state index contributed by atoms with van der Waals surface area (Å²) in [6.45, 7) is 0.257. The van der Waals surface area contributed by atoms with E-state index >= 15 is 0 Å². The topological polar surface area (TPSA) is 134 Å². The van der Waals surface area contributed by atoms with E-state index in [-0.39, 0.29) is 30.2 Å². The SMILES string of the molecule is NC(=O)c1ccc[n+](CC2=S(C(=O)O)N3C(=O)[C@@H](NC(=O)CSc4cccc(Br)c4)[C@H]3CC2)c1. The highest BCUT2D eigenvalue weighted by Crippen LogP contribution is 2.42. The van der Waals surface area contributed by atoms with Gasteiger partial charge in [0, 0.05) is 31.0 Å². The van der Waals surface area contributed by atoms with Gasteiger partial charge >= 0.3 is 5.30 Å². The highest BCUT2D eigenvalue weighted by molar-refractivity contribution is 9.10. The first-order chi connectivity index (χ1) is 16.2. The van der Waals surface area contributed by atoms with Crippen LogP contribution < -0.4 is 15.6 Å². The number of β-lactam (4-membered cyclic amide) rings is 1. The molecule has 178 valence electrons. The summed E-state index contributed by atoms with van der Waals surface area (Å²) in [6, 6.07) is 9.76. The van der Waals surface area contributed by atoms with Gasteiger partial charge in [0.15, 0.2) is 18.9 Å². The number of nitrogens with two attached hydrogens (primary N) is 1. The zero-order valence-corrected chi connectivity index (χ0v) is 21.1. The molecule has 0 bridgehead atoms. The van der Waals surface area contributed by atoms with Gasteiger partial charge < -0.3 is 16.2 Å². The van der Waals surface area contributed by atoms with Gasteiger partial charge in [0.25, 0.3) is 11.8 Å². The molecule has 3 amide bonds. The fraction of sp³-hybridized carbons (Fsp3) is 0.273. The summed E-state index contributed by atoms with van der Waals surface area (Å²) >= 11 is 4.75. The molecule has 0 saturated carbocycles. The Morgan fingerprint density at radius 3 is 2.79 bits per heavy atom. The first-order valence-corrected chi connectivity index (χ1v) is 13.3. The Balaban J connectivity index is 1.44. The Labute approximate surface area is 210 Å². The van der Waals surface area contributed by atoms with Crippen LogP contribution in [0.4, 0.5) is 4.79 Å². The number of halogens is 1. The number of carboxylic acid groups (broad SMARTS) is 1. The van der Waals surface area contributed by atoms with Crippen LogP contribution in [0.15, 0.2) is 58.2 Å². The van der Waals surface area contributed by atoms with Crippen LogP contribution in [0.25, 0.3) is 0 Å². The third kappa shape index (κ3) is 5.18. The van der Waals surface area contributed by atoms with E-state index in [4.69, 9.17) is 5.73 Å². The maximum absolute atomic E-state index is 12.9. The number of fused-ring (bicyclic) bond motifs is 1. The molecular weight excluding hydrogens is 544 g/mol. The fourth-order valence-electron chi connectivity index (χ4n) is 3.97. The second-order valence-corrected chi connectivity index (χ2v) is 11.6. The molecule has 4 N–H and O–H groups in total. The average Bonchev–Trinajstić information content (AvgIpc) is 2.81. The van der Waals surface area contributed by atoms with E-state index < -0.39 is 27.9 Å². The minimum Gasteiger partial charge on any atom is -0.472 e. The highest BCUT2D eigenvalue weighted by atomic mass is 79.9. The van der Waals surface area contributed by atoms with E-state index in [1.54, 1.807) is 29.1 Å². The monoisotopic (exact) mass is 565 g/mol. The largest absolute Gasteiger partial charge is 0.472 e. The molecule has 1 aromatic carbocycles. The molecule has 1 aromatic heterocycles. The molecule has 2 aliphatic rings. The van der Waals surface area contributed by atoms with Gasteiger partial charge in [-0.05, 0) is 37.1 Å². The second-order valence-electron chi connectivity index (χ2n) is 7.78. The molecule has 1 saturated heterocycles. The van der Waals surface area contributed by atoms with Crippen molar-refractivity contribution < 1.29 is 28.9 Å². The van der Waals surface area contributed by atoms with E-state index in [0.717, 1.165) is 9.37 Å². The standard InChI is InChI=1S/C22H21BrN4O5S2/c23-14-4-1-5-15(9-14)33-12-18(28)25-19-17-7-6-16(34(22(31)32)27(17)21(19)30)11-26-8-2-3-13(10-26)20(24)29/h1-5,8-10,17,19H,6-7,11-12H2,(H3-,24,25,28,29,31,32)/p+1/t17-,19+,34?/m1/s1. The number of carbonyl (C=O) groups excluding carboxylic acids is 3. The molecule has 9 nitrogen and oxygen atoms in total. The number of hydrogen-bond acceptors (Lipinski definition) is 5. The van der Waals surface area contributed by atoms with Gasteiger partial charge in [-0.15, -0.1) is 11.8 Å². The zero-order chi connectivity index (χ0) is 24.4. The van der Waals surface area contributed by atoms with Crippen LogP contribution in [-0.4, -0.2) is 55.1 Å². The van der Waals surface area contributed by atoms with Crippen LogP contribution in [0, 0.1) is 0 Å². The Hall–Kier alpha value is -2.70. The summed E-state index contributed by atoms with van der Waals surface area (Å²) in [5.74, 6) is -1.08. The first kappa shape index (κ1) is 24.4. The molecule has 2 aliphatic heterocycles. The van der Waals surface area contributed by atoms with Crippen molar-refractivity contribution in [2.45, 2.75) is 36.4 Å². The Bertz CT molecular complexity index is 1220. The number of nitrogens with zero attached hydrogens (tertiary/aromatic N) is 2. The highest BCUT2D eigenvalue weighted by Gasteiger charge is 2.53. The van der Waals surface area contributed by atoms with Crippen molar-refractivity contribution in [2.24, 2.45) is 5.73 Å². The van der Waals surface area contributed by atoms with Crippen molar-refractivity contribution in [1.82, 2.24) is 9.62 Å². The molecule has 0 radical (unpaired) electrons. The number of benzene rings is 1. The lowest BCUT2D eigenvalue weighted by Gasteiger charge is -2.50. The minimum atomic E-state index is -1.42. The lowest BCUT2D eigenvalue weighted by atomic mass is 9.93. The smallest absolute Gasteiger partial charge is 0.378 e. The normalized spacial score (nSPS) is 21.4. The number of nitrogens with one attached hydrogen (secondary N) is 1. The lowest BCUT2D eigenvalue weighted by molar-refractivity contribution is -0.681. The molecule has 3 atom stereocenters. The fourth-order valence-corrected chi connectivity index (χ4v) is 7.35. The van der Waals surface area contributed by atoms with Gasteiger partial charge in [-0.25, -0.2) is 4.79 Å². The van der Waals surface area contributed by atoms with Crippen molar-refractivity contribution in [3.8, 4) is 0 Å². The van der Waals surface area contributed by atoms with Gasteiger partial charge in [-0.3, -0.25) is 18.7 Å². The van der Waals surface area contributed by atoms with Crippen LogP contribution in [0.5, 0.6) is 0 Å². The van der Waals surface area contributed by atoms with Crippen molar-refractivity contribution in [3.63, 3.8) is 0 Å². The number of hydrogen-bond donors (Lipinski definition) is 3. The summed E-state index contributed by atoms with van der Waals surface area (Å²) in [4.78, 5) is 50.5. The number of carbonyl (C=O) groups is 4. The van der Waals surface area contributed by atoms with E-state index in [1.165, 1.54) is 16.1 Å². The van der Waals surface area contributed by atoms with Crippen LogP contribution in [0.2, 0.25) is 0 Å². The quantitative estimate of drug-likeness (QED) is 0.204. The lowest BCUT2D eigenvalue weighted by Crippen LogP contribution is -2.70. The summed E-state index contributed by atoms with van der Waals surface area (Å²) in [7, 11) is -1.42. The number of amides is 3. The summed E-state index contributed by atoms with van der Waals surface area (Å²) in [6.07, 6.45) is 4.34. The van der Waals surface area contributed by atoms with E-state index in [1.807, 2.05) is 24.3 Å². The van der Waals surface area contributed by atoms with Crippen molar-refractivity contribution in [1.29, 1.82) is 0 Å². The molecule has 2 aromatic rings. The third-order valence-electron chi connectivity index (χ3n) is 5.51. The van der Waals surface area contributed by atoms with Gasteiger partial charge in [0.05, 0.1) is 11.8 Å². The van der Waals surface area contributed by atoms with Crippen LogP contribution in [0.3, 0.4) is 0 Å². The van der Waals surface area contributed by atoms with Crippen LogP contribution >= 0.6 is 38.4 Å². The molecule has 4 rings (SSSR count). The van der Waals surface area contributed by atoms with Gasteiger partial charge in [0.1, 0.15) is 11.6 Å². The minimum absolute atomic E-state index is 0.155. The molecule has 0 aliphatic carbocycles. The Morgan fingerprint density at radius 2 is 2.09 bits per heavy atom. The average molecular weight is 566 g/mol. The van der Waals surface area contributed by atoms with Crippen molar-refractivity contribution in [3.05, 3.63) is 58.8 Å². The van der Waals surface area contributed by atoms with E-state index in [9.17, 15) is 24.3 Å². The number of thioether (sulfide) groups is 1. The molecule has 0 spiro atoms. The predicted octanol–water partition coefficient (Wildman–Crippen LogP) is 2.15. The van der Waals surface area contributed by atoms with Gasteiger partial charge in [-0.2, -0.15) is 4.57 Å². The summed E-state index contributed by atoms with van der Waals surface area (Å²) in [5, 5.41) is 11.6. The number of aromatic nitrogens is 1. The van der Waals surface area contributed by atoms with Crippen molar-refractivity contribution in [2.75, 3.05) is 5.75 Å². The van der Waals surface area contributed by atoms with E-state index in [2.05, 4.69) is 21.2 Å². The summed E-state index contributed by atoms with van der Waals surface area (Å²) < 4.78 is 3.99. The molecule has 1 fully saturated rings. The maximum Gasteiger partial charge on any atom is 0.378 e. The number of pyridine rings is 1. The second kappa shape index (κ2) is 10.3. The summed E-state index contributed by atoms with van der Waals surface area (Å²) in [5.41, 5.74) is 5.65. The Morgan fingerprint density at radius 1 is 1.29 bits per heavy atom. The Kier molecular flexibility index (Phi) is 7.39. The van der Waals surface area contributed by atoms with Gasteiger partial charge in [-0.1, -0.05) is 22.0 Å². The molecule has 1 unspecified atom stereocenters. The van der Waals surface area contributed by atoms with Gasteiger partial charge in [0.2, 0.25) is 5.91 Å². The number of primary amides is 1. The maximum atomic E-state index is 12.9. The van der Waals surface area contributed by atoms with Crippen molar-refractivity contribution >= 4 is 66.2 Å². The number of rotatable bonds is 7. The van der Waals surface area contributed by atoms with E-state index in [0.29, 0.717) is 23.3 Å². The predicted molar refractivity (Wildman–Crippen MR) is 132 cm³/mol. The molecule has 12 heteroatoms. The molecule has 3 heterocycles. The first-order valence-electron chi connectivity index (χ1n) is 10.4. The van der Waals surface area contributed by atoms with Crippen LogP contribution in [0.1, 0.15) is 23.2 Å². The molecule has 34 heavy (non-hydrogen) atoms. The molecular formula is C22H22BrN4O5S2+. The zero-order valence-electron chi connectivity index (χ0n) is 17.8. The van der Waals surface area contributed by atoms with Crippen LogP contribution in [-0.2, 0) is 16.1 Å². The third-order valence-corrected chi connectivity index (χ3v) is 9.05.